The van der Waals surface area contributed by atoms with E-state index in [1.807, 2.05) is 18.2 Å². The number of benzene rings is 1. The molecule has 0 atom stereocenters. The van der Waals surface area contributed by atoms with Crippen molar-refractivity contribution in [2.75, 3.05) is 4.47 Å². The lowest BCUT2D eigenvalue weighted by molar-refractivity contribution is -0.119. The molecule has 1 rings (SSSR count). The van der Waals surface area contributed by atoms with Gasteiger partial charge in [0.2, 0.25) is 5.91 Å². The van der Waals surface area contributed by atoms with Crippen LogP contribution in [-0.2, 0) is 4.79 Å². The van der Waals surface area contributed by atoms with Crippen LogP contribution in [0.5, 0.6) is 0 Å². The zero-order chi connectivity index (χ0) is 12.5. The topological polar surface area (TPSA) is 52.6 Å². The van der Waals surface area contributed by atoms with Crippen LogP contribution >= 0.6 is 12.1 Å². The highest BCUT2D eigenvalue weighted by Crippen LogP contribution is 2.17. The van der Waals surface area contributed by atoms with E-state index in [9.17, 15) is 10.0 Å². The van der Waals surface area contributed by atoms with Gasteiger partial charge in [-0.25, -0.2) is 0 Å². The SMILES string of the molecule is CCCCCC(=O)NSN(O)c1ccccc1. The minimum atomic E-state index is -0.0570. The number of nitrogens with one attached hydrogen (secondary N) is 1. The molecule has 0 heterocycles. The second-order valence-electron chi connectivity index (χ2n) is 3.68. The van der Waals surface area contributed by atoms with Crippen LogP contribution in [0.15, 0.2) is 30.3 Å². The first-order valence-corrected chi connectivity index (χ1v) is 6.51. The van der Waals surface area contributed by atoms with Crippen LogP contribution in [0.25, 0.3) is 0 Å². The van der Waals surface area contributed by atoms with Crippen molar-refractivity contribution in [1.82, 2.24) is 4.72 Å². The molecule has 0 unspecified atom stereocenters. The number of anilines is 1. The molecule has 0 aromatic heterocycles. The predicted octanol–water partition coefficient (Wildman–Crippen LogP) is 3.14. The van der Waals surface area contributed by atoms with E-state index >= 15 is 0 Å². The van der Waals surface area contributed by atoms with Gasteiger partial charge in [-0.2, -0.15) is 4.47 Å². The number of hydrogen-bond acceptors (Lipinski definition) is 4. The second kappa shape index (κ2) is 7.97. The van der Waals surface area contributed by atoms with E-state index in [-0.39, 0.29) is 5.91 Å². The van der Waals surface area contributed by atoms with E-state index in [4.69, 9.17) is 0 Å². The average molecular weight is 254 g/mol. The Morgan fingerprint density at radius 3 is 2.71 bits per heavy atom. The van der Waals surface area contributed by atoms with Gasteiger partial charge in [-0.05, 0) is 18.6 Å². The first kappa shape index (κ1) is 13.9. The molecule has 0 aliphatic heterocycles. The van der Waals surface area contributed by atoms with Crippen molar-refractivity contribution in [1.29, 1.82) is 0 Å². The largest absolute Gasteiger partial charge is 0.280 e. The fraction of sp³-hybridized carbons (Fsp3) is 0.417. The summed E-state index contributed by atoms with van der Waals surface area (Å²) in [6, 6.07) is 9.03. The van der Waals surface area contributed by atoms with Gasteiger partial charge in [-0.15, -0.1) is 0 Å². The van der Waals surface area contributed by atoms with Gasteiger partial charge in [0.1, 0.15) is 0 Å². The Morgan fingerprint density at radius 1 is 1.35 bits per heavy atom. The quantitative estimate of drug-likeness (QED) is 0.446. The summed E-state index contributed by atoms with van der Waals surface area (Å²) in [4.78, 5) is 11.4. The molecule has 2 N–H and O–H groups in total. The van der Waals surface area contributed by atoms with Crippen molar-refractivity contribution < 1.29 is 10.0 Å². The van der Waals surface area contributed by atoms with Crippen LogP contribution in [0.3, 0.4) is 0 Å². The van der Waals surface area contributed by atoms with Crippen LogP contribution in [0, 0.1) is 0 Å². The third-order valence-electron chi connectivity index (χ3n) is 2.23. The minimum Gasteiger partial charge on any atom is -0.280 e. The van der Waals surface area contributed by atoms with Crippen LogP contribution in [-0.4, -0.2) is 11.1 Å². The van der Waals surface area contributed by atoms with Gasteiger partial charge in [-0.3, -0.25) is 14.7 Å². The van der Waals surface area contributed by atoms with Crippen molar-refractivity contribution in [2.45, 2.75) is 32.6 Å². The standard InChI is InChI=1S/C12H18N2O2S/c1-2-3-5-10-12(15)13-17-14(16)11-8-6-4-7-9-11/h4,6-9,16H,2-3,5,10H2,1H3,(H,13,15). The van der Waals surface area contributed by atoms with E-state index in [2.05, 4.69) is 11.6 Å². The number of hydrogen-bond donors (Lipinski definition) is 2. The molecule has 94 valence electrons. The number of carbonyl (C=O) groups is 1. The second-order valence-corrected chi connectivity index (χ2v) is 4.41. The zero-order valence-electron chi connectivity index (χ0n) is 9.93. The molecule has 1 aromatic rings. The Balaban J connectivity index is 2.24. The number of carbonyl (C=O) groups excluding carboxylic acids is 1. The first-order chi connectivity index (χ1) is 8.24. The van der Waals surface area contributed by atoms with Crippen molar-refractivity contribution in [3.05, 3.63) is 30.3 Å². The van der Waals surface area contributed by atoms with Crippen LogP contribution in [0.4, 0.5) is 5.69 Å². The van der Waals surface area contributed by atoms with Crippen LogP contribution in [0.1, 0.15) is 32.6 Å². The third kappa shape index (κ3) is 5.60. The molecule has 4 nitrogen and oxygen atoms in total. The van der Waals surface area contributed by atoms with Crippen molar-refractivity contribution in [3.8, 4) is 0 Å². The normalized spacial score (nSPS) is 10.0. The number of para-hydroxylation sites is 1. The highest BCUT2D eigenvalue weighted by Gasteiger charge is 2.06. The fourth-order valence-electron chi connectivity index (χ4n) is 1.29. The van der Waals surface area contributed by atoms with Gasteiger partial charge < -0.3 is 0 Å². The Morgan fingerprint density at radius 2 is 2.06 bits per heavy atom. The lowest BCUT2D eigenvalue weighted by Gasteiger charge is -2.14. The number of nitrogens with zero attached hydrogens (tertiary/aromatic N) is 1. The molecule has 1 aromatic carbocycles. The molecule has 5 heteroatoms. The van der Waals surface area contributed by atoms with E-state index in [1.54, 1.807) is 12.1 Å². The molecular weight excluding hydrogens is 236 g/mol. The molecule has 0 fully saturated rings. The highest BCUT2D eigenvalue weighted by atomic mass is 32.2. The number of amides is 1. The van der Waals surface area contributed by atoms with Crippen LogP contribution in [0.2, 0.25) is 0 Å². The van der Waals surface area contributed by atoms with E-state index in [0.717, 1.165) is 35.9 Å². The van der Waals surface area contributed by atoms with Gasteiger partial charge in [0.25, 0.3) is 0 Å². The van der Waals surface area contributed by atoms with E-state index < -0.39 is 0 Å². The number of rotatable bonds is 7. The molecule has 0 radical (unpaired) electrons. The summed E-state index contributed by atoms with van der Waals surface area (Å²) < 4.78 is 3.54. The van der Waals surface area contributed by atoms with Crippen molar-refractivity contribution in [2.24, 2.45) is 0 Å². The van der Waals surface area contributed by atoms with Gasteiger partial charge in [0, 0.05) is 6.42 Å². The van der Waals surface area contributed by atoms with Gasteiger partial charge in [-0.1, -0.05) is 38.0 Å². The Kier molecular flexibility index (Phi) is 6.50. The summed E-state index contributed by atoms with van der Waals surface area (Å²) in [6.45, 7) is 2.09. The summed E-state index contributed by atoms with van der Waals surface area (Å²) in [5.74, 6) is -0.0570. The third-order valence-corrected chi connectivity index (χ3v) is 2.93. The Bertz CT molecular complexity index is 333. The lowest BCUT2D eigenvalue weighted by Crippen LogP contribution is -2.22. The molecule has 1 amide bonds. The van der Waals surface area contributed by atoms with Crippen molar-refractivity contribution in [3.63, 3.8) is 0 Å². The van der Waals surface area contributed by atoms with Gasteiger partial charge in [0.05, 0.1) is 17.8 Å². The summed E-state index contributed by atoms with van der Waals surface area (Å²) in [7, 11) is 0. The summed E-state index contributed by atoms with van der Waals surface area (Å²) in [5.41, 5.74) is 0.631. The smallest absolute Gasteiger partial charge is 0.231 e. The monoisotopic (exact) mass is 254 g/mol. The maximum Gasteiger partial charge on any atom is 0.231 e. The molecule has 0 aliphatic rings. The van der Waals surface area contributed by atoms with Crippen molar-refractivity contribution >= 4 is 23.7 Å². The molecule has 0 aliphatic carbocycles. The predicted molar refractivity (Wildman–Crippen MR) is 70.6 cm³/mol. The molecule has 0 saturated heterocycles. The Hall–Kier alpha value is -1.20. The molecule has 0 saturated carbocycles. The summed E-state index contributed by atoms with van der Waals surface area (Å²) >= 11 is 0.885. The van der Waals surface area contributed by atoms with Crippen LogP contribution < -0.4 is 9.19 Å². The van der Waals surface area contributed by atoms with E-state index in [1.165, 1.54) is 0 Å². The van der Waals surface area contributed by atoms with E-state index in [0.29, 0.717) is 12.1 Å². The summed E-state index contributed by atoms with van der Waals surface area (Å²) in [5, 5.41) is 9.62. The molecule has 17 heavy (non-hydrogen) atoms. The zero-order valence-corrected chi connectivity index (χ0v) is 10.7. The Labute approximate surface area is 106 Å². The highest BCUT2D eigenvalue weighted by molar-refractivity contribution is 7.99. The minimum absolute atomic E-state index is 0.0570. The number of unbranched alkanes of at least 4 members (excludes halogenated alkanes) is 2. The maximum absolute atomic E-state index is 11.4. The first-order valence-electron chi connectivity index (χ1n) is 5.74. The average Bonchev–Trinajstić information content (AvgIpc) is 2.37. The fourth-order valence-corrected chi connectivity index (χ4v) is 1.81. The molecular formula is C12H18N2O2S. The lowest BCUT2D eigenvalue weighted by atomic mass is 10.2. The maximum atomic E-state index is 11.4. The molecule has 0 bridgehead atoms. The molecule has 0 spiro atoms. The summed E-state index contributed by atoms with van der Waals surface area (Å²) in [6.07, 6.45) is 3.54. The van der Waals surface area contributed by atoms with Gasteiger partial charge in [0.15, 0.2) is 0 Å². The van der Waals surface area contributed by atoms with Gasteiger partial charge >= 0.3 is 0 Å².